The highest BCUT2D eigenvalue weighted by molar-refractivity contribution is 6.42. The molecule has 0 amide bonds. The summed E-state index contributed by atoms with van der Waals surface area (Å²) in [5.74, 6) is 0.829. The van der Waals surface area contributed by atoms with E-state index in [0.29, 0.717) is 10.0 Å². The molecule has 0 aromatic heterocycles. The Bertz CT molecular complexity index is 555. The molecule has 0 fully saturated rings. The van der Waals surface area contributed by atoms with Gasteiger partial charge in [0.2, 0.25) is 0 Å². The molecule has 0 aliphatic heterocycles. The van der Waals surface area contributed by atoms with Gasteiger partial charge in [0.15, 0.2) is 0 Å². The summed E-state index contributed by atoms with van der Waals surface area (Å²) in [5.41, 5.74) is 2.06. The van der Waals surface area contributed by atoms with Gasteiger partial charge in [-0.1, -0.05) is 47.5 Å². The zero-order chi connectivity index (χ0) is 13.8. The third-order valence-corrected chi connectivity index (χ3v) is 3.86. The van der Waals surface area contributed by atoms with Crippen LogP contribution in [0.25, 0.3) is 0 Å². The molecule has 19 heavy (non-hydrogen) atoms. The Morgan fingerprint density at radius 3 is 2.32 bits per heavy atom. The summed E-state index contributed by atoms with van der Waals surface area (Å²) in [6.45, 7) is 0. The van der Waals surface area contributed by atoms with E-state index in [1.54, 1.807) is 13.2 Å². The number of halogens is 2. The van der Waals surface area contributed by atoms with Crippen molar-refractivity contribution in [2.75, 3.05) is 14.2 Å². The molecule has 0 radical (unpaired) electrons. The molecule has 2 aromatic carbocycles. The molecule has 0 aliphatic carbocycles. The summed E-state index contributed by atoms with van der Waals surface area (Å²) >= 11 is 12.3. The van der Waals surface area contributed by atoms with Gasteiger partial charge >= 0.3 is 0 Å². The maximum Gasteiger partial charge on any atom is 0.118 e. The number of ether oxygens (including phenoxy) is 1. The lowest BCUT2D eigenvalue weighted by Gasteiger charge is -2.19. The first-order chi connectivity index (χ1) is 9.17. The average molecular weight is 296 g/mol. The largest absolute Gasteiger partial charge is 0.497 e. The van der Waals surface area contributed by atoms with Crippen LogP contribution in [0.1, 0.15) is 17.2 Å². The van der Waals surface area contributed by atoms with E-state index in [4.69, 9.17) is 27.9 Å². The average Bonchev–Trinajstić information content (AvgIpc) is 2.45. The van der Waals surface area contributed by atoms with Crippen molar-refractivity contribution < 1.29 is 4.74 Å². The molecule has 0 bridgehead atoms. The van der Waals surface area contributed by atoms with Crippen molar-refractivity contribution in [3.63, 3.8) is 0 Å². The van der Waals surface area contributed by atoms with Crippen molar-refractivity contribution in [2.24, 2.45) is 0 Å². The van der Waals surface area contributed by atoms with Gasteiger partial charge in [0.05, 0.1) is 23.2 Å². The first-order valence-electron chi connectivity index (χ1n) is 5.92. The van der Waals surface area contributed by atoms with Gasteiger partial charge in [0.25, 0.3) is 0 Å². The Morgan fingerprint density at radius 1 is 1.05 bits per heavy atom. The van der Waals surface area contributed by atoms with E-state index in [0.717, 1.165) is 16.9 Å². The Kier molecular flexibility index (Phi) is 4.70. The quantitative estimate of drug-likeness (QED) is 0.907. The molecule has 0 aliphatic rings. The molecule has 0 saturated carbocycles. The van der Waals surface area contributed by atoms with Crippen molar-refractivity contribution in [3.05, 3.63) is 63.6 Å². The van der Waals surface area contributed by atoms with E-state index in [1.807, 2.05) is 43.4 Å². The minimum atomic E-state index is -0.00268. The molecule has 2 aromatic rings. The van der Waals surface area contributed by atoms with Crippen molar-refractivity contribution in [1.82, 2.24) is 5.32 Å². The maximum absolute atomic E-state index is 6.28. The molecule has 1 N–H and O–H groups in total. The highest BCUT2D eigenvalue weighted by Gasteiger charge is 2.16. The van der Waals surface area contributed by atoms with Gasteiger partial charge in [-0.3, -0.25) is 0 Å². The van der Waals surface area contributed by atoms with Crippen LogP contribution in [0.4, 0.5) is 0 Å². The maximum atomic E-state index is 6.28. The monoisotopic (exact) mass is 295 g/mol. The fourth-order valence-corrected chi connectivity index (χ4v) is 2.46. The van der Waals surface area contributed by atoms with E-state index < -0.39 is 0 Å². The van der Waals surface area contributed by atoms with Gasteiger partial charge in [0, 0.05) is 0 Å². The van der Waals surface area contributed by atoms with Gasteiger partial charge < -0.3 is 10.1 Å². The highest BCUT2D eigenvalue weighted by atomic mass is 35.5. The molecular formula is C15H15Cl2NO. The molecule has 0 saturated heterocycles. The Hall–Kier alpha value is -1.22. The second-order valence-electron chi connectivity index (χ2n) is 4.14. The lowest BCUT2D eigenvalue weighted by Crippen LogP contribution is -2.18. The molecule has 2 rings (SSSR count). The summed E-state index contributed by atoms with van der Waals surface area (Å²) in [6, 6.07) is 13.5. The van der Waals surface area contributed by atoms with Crippen LogP contribution in [0, 0.1) is 0 Å². The zero-order valence-corrected chi connectivity index (χ0v) is 12.3. The van der Waals surface area contributed by atoms with Gasteiger partial charge in [0.1, 0.15) is 5.75 Å². The van der Waals surface area contributed by atoms with Crippen LogP contribution in [0.3, 0.4) is 0 Å². The van der Waals surface area contributed by atoms with Gasteiger partial charge in [-0.2, -0.15) is 0 Å². The lowest BCUT2D eigenvalue weighted by molar-refractivity contribution is 0.414. The van der Waals surface area contributed by atoms with Crippen LogP contribution in [0.2, 0.25) is 10.0 Å². The number of hydrogen-bond acceptors (Lipinski definition) is 2. The molecule has 1 atom stereocenters. The van der Waals surface area contributed by atoms with Crippen molar-refractivity contribution >= 4 is 23.2 Å². The predicted octanol–water partition coefficient (Wildman–Crippen LogP) is 4.31. The molecule has 1 unspecified atom stereocenters. The summed E-state index contributed by atoms with van der Waals surface area (Å²) < 4.78 is 5.16. The van der Waals surface area contributed by atoms with E-state index >= 15 is 0 Å². The topological polar surface area (TPSA) is 21.3 Å². The predicted molar refractivity (Wildman–Crippen MR) is 80.4 cm³/mol. The van der Waals surface area contributed by atoms with E-state index in [9.17, 15) is 0 Å². The number of hydrogen-bond donors (Lipinski definition) is 1. The van der Waals surface area contributed by atoms with Crippen LogP contribution in [-0.2, 0) is 0 Å². The zero-order valence-electron chi connectivity index (χ0n) is 10.8. The molecule has 100 valence electrons. The standard InChI is InChI=1S/C15H15Cl2NO/c1-18-15(10-6-8-11(19-2)9-7-10)12-4-3-5-13(16)14(12)17/h3-9,15,18H,1-2H3. The second kappa shape index (κ2) is 6.29. The van der Waals surface area contributed by atoms with Crippen LogP contribution in [0.5, 0.6) is 5.75 Å². The number of benzene rings is 2. The number of nitrogens with one attached hydrogen (secondary N) is 1. The minimum Gasteiger partial charge on any atom is -0.497 e. The first-order valence-corrected chi connectivity index (χ1v) is 6.68. The van der Waals surface area contributed by atoms with Crippen LogP contribution < -0.4 is 10.1 Å². The fourth-order valence-electron chi connectivity index (χ4n) is 2.04. The lowest BCUT2D eigenvalue weighted by atomic mass is 9.99. The summed E-state index contributed by atoms with van der Waals surface area (Å²) in [7, 11) is 3.55. The van der Waals surface area contributed by atoms with E-state index in [-0.39, 0.29) is 6.04 Å². The van der Waals surface area contributed by atoms with Crippen LogP contribution in [0.15, 0.2) is 42.5 Å². The Labute approximate surface area is 123 Å². The van der Waals surface area contributed by atoms with E-state index in [1.165, 1.54) is 0 Å². The van der Waals surface area contributed by atoms with Gasteiger partial charge in [-0.05, 0) is 36.4 Å². The van der Waals surface area contributed by atoms with Gasteiger partial charge in [-0.15, -0.1) is 0 Å². The second-order valence-corrected chi connectivity index (χ2v) is 4.92. The molecule has 2 nitrogen and oxygen atoms in total. The number of rotatable bonds is 4. The van der Waals surface area contributed by atoms with Crippen LogP contribution in [-0.4, -0.2) is 14.2 Å². The molecular weight excluding hydrogens is 281 g/mol. The van der Waals surface area contributed by atoms with Gasteiger partial charge in [-0.25, -0.2) is 0 Å². The highest BCUT2D eigenvalue weighted by Crippen LogP contribution is 2.33. The third-order valence-electron chi connectivity index (χ3n) is 3.03. The summed E-state index contributed by atoms with van der Waals surface area (Å²) in [4.78, 5) is 0. The fraction of sp³-hybridized carbons (Fsp3) is 0.200. The summed E-state index contributed by atoms with van der Waals surface area (Å²) in [6.07, 6.45) is 0. The number of methoxy groups -OCH3 is 1. The van der Waals surface area contributed by atoms with Crippen LogP contribution >= 0.6 is 23.2 Å². The van der Waals surface area contributed by atoms with Crippen molar-refractivity contribution in [2.45, 2.75) is 6.04 Å². The van der Waals surface area contributed by atoms with E-state index in [2.05, 4.69) is 5.32 Å². The summed E-state index contributed by atoms with van der Waals surface area (Å²) in [5, 5.41) is 4.40. The first kappa shape index (κ1) is 14.2. The third kappa shape index (κ3) is 3.03. The van der Waals surface area contributed by atoms with Crippen molar-refractivity contribution in [3.8, 4) is 5.75 Å². The minimum absolute atomic E-state index is 0.00268. The molecule has 4 heteroatoms. The molecule has 0 heterocycles. The smallest absolute Gasteiger partial charge is 0.118 e. The Morgan fingerprint density at radius 2 is 1.74 bits per heavy atom. The Balaban J connectivity index is 2.40. The van der Waals surface area contributed by atoms with Crippen molar-refractivity contribution in [1.29, 1.82) is 0 Å². The normalized spacial score (nSPS) is 12.2. The SMILES string of the molecule is CNC(c1ccc(OC)cc1)c1cccc(Cl)c1Cl. The molecule has 0 spiro atoms.